The van der Waals surface area contributed by atoms with Crippen molar-refractivity contribution in [3.05, 3.63) is 76.2 Å². The summed E-state index contributed by atoms with van der Waals surface area (Å²) in [5, 5.41) is 8.99. The molecule has 0 fully saturated rings. The Hall–Kier alpha value is -2.17. The molecule has 1 aliphatic rings. The van der Waals surface area contributed by atoms with E-state index < -0.39 is 0 Å². The normalized spacial score (nSPS) is 14.2. The van der Waals surface area contributed by atoms with E-state index in [4.69, 9.17) is 16.7 Å². The lowest BCUT2D eigenvalue weighted by atomic mass is 10.0. The molecule has 1 N–H and O–H groups in total. The lowest BCUT2D eigenvalue weighted by molar-refractivity contribution is 0.573. The average molecular weight is 356 g/mol. The Bertz CT molecular complexity index is 886. The molecule has 0 aliphatic carbocycles. The molecule has 1 aliphatic heterocycles. The number of hydrogen-bond acceptors (Lipinski definition) is 2. The molecule has 0 amide bonds. The van der Waals surface area contributed by atoms with E-state index in [1.165, 1.54) is 17.3 Å². The largest absolute Gasteiger partial charge is 0.316 e. The first kappa shape index (κ1) is 16.3. The number of benzene rings is 2. The van der Waals surface area contributed by atoms with Gasteiger partial charge in [0.1, 0.15) is 5.82 Å². The second-order valence-corrected chi connectivity index (χ2v) is 6.72. The van der Waals surface area contributed by atoms with Crippen LogP contribution in [0.5, 0.6) is 0 Å². The van der Waals surface area contributed by atoms with Crippen molar-refractivity contribution in [2.45, 2.75) is 19.4 Å². The first-order valence-electron chi connectivity index (χ1n) is 8.51. The van der Waals surface area contributed by atoms with E-state index in [1.54, 1.807) is 6.07 Å². The minimum absolute atomic E-state index is 0.188. The molecular weight excluding hydrogens is 337 g/mol. The zero-order chi connectivity index (χ0) is 17.2. The van der Waals surface area contributed by atoms with Crippen molar-refractivity contribution in [1.29, 1.82) is 0 Å². The van der Waals surface area contributed by atoms with E-state index in [1.807, 2.05) is 41.1 Å². The molecule has 25 heavy (non-hydrogen) atoms. The van der Waals surface area contributed by atoms with Crippen molar-refractivity contribution in [1.82, 2.24) is 15.1 Å². The molecule has 128 valence electrons. The van der Waals surface area contributed by atoms with Gasteiger partial charge in [-0.2, -0.15) is 5.10 Å². The number of nitrogens with zero attached hydrogens (tertiary/aromatic N) is 2. The van der Waals surface area contributed by atoms with Gasteiger partial charge in [0, 0.05) is 40.4 Å². The molecule has 3 aromatic rings. The van der Waals surface area contributed by atoms with Crippen molar-refractivity contribution in [3.8, 4) is 11.3 Å². The molecule has 3 nitrogen and oxygen atoms in total. The van der Waals surface area contributed by atoms with Crippen LogP contribution in [0.15, 0.2) is 48.5 Å². The zero-order valence-corrected chi connectivity index (χ0v) is 14.6. The third-order valence-electron chi connectivity index (χ3n) is 4.65. The molecule has 0 bridgehead atoms. The molecule has 2 heterocycles. The lowest BCUT2D eigenvalue weighted by Gasteiger charge is -2.08. The minimum atomic E-state index is -0.188. The summed E-state index contributed by atoms with van der Waals surface area (Å²) in [6.45, 7) is 2.29. The van der Waals surface area contributed by atoms with Crippen LogP contribution >= 0.6 is 11.6 Å². The van der Waals surface area contributed by atoms with Crippen LogP contribution in [0.4, 0.5) is 4.39 Å². The number of nitrogens with one attached hydrogen (secondary N) is 1. The van der Waals surface area contributed by atoms with Crippen LogP contribution < -0.4 is 5.32 Å². The van der Waals surface area contributed by atoms with Crippen LogP contribution in [0.1, 0.15) is 16.8 Å². The molecule has 5 heteroatoms. The maximum Gasteiger partial charge on any atom is 0.128 e. The average Bonchev–Trinajstić information content (AvgIpc) is 2.80. The predicted molar refractivity (Wildman–Crippen MR) is 98.5 cm³/mol. The summed E-state index contributed by atoms with van der Waals surface area (Å²) in [7, 11) is 0. The number of aromatic nitrogens is 2. The van der Waals surface area contributed by atoms with E-state index >= 15 is 0 Å². The summed E-state index contributed by atoms with van der Waals surface area (Å²) in [5.41, 5.74) is 5.14. The predicted octanol–water partition coefficient (Wildman–Crippen LogP) is 4.08. The smallest absolute Gasteiger partial charge is 0.128 e. The zero-order valence-electron chi connectivity index (χ0n) is 13.8. The van der Waals surface area contributed by atoms with Gasteiger partial charge in [-0.15, -0.1) is 0 Å². The molecule has 0 unspecified atom stereocenters. The Morgan fingerprint density at radius 1 is 1.04 bits per heavy atom. The Morgan fingerprint density at radius 2 is 1.80 bits per heavy atom. The van der Waals surface area contributed by atoms with Crippen molar-refractivity contribution in [2.24, 2.45) is 0 Å². The second-order valence-electron chi connectivity index (χ2n) is 6.28. The number of rotatable bonds is 3. The molecule has 0 saturated carbocycles. The van der Waals surface area contributed by atoms with E-state index in [9.17, 15) is 4.39 Å². The summed E-state index contributed by atoms with van der Waals surface area (Å²) in [4.78, 5) is 0. The summed E-state index contributed by atoms with van der Waals surface area (Å²) >= 11 is 6.02. The number of fused-ring (bicyclic) bond motifs is 1. The van der Waals surface area contributed by atoms with Crippen LogP contribution in [-0.2, 0) is 19.4 Å². The van der Waals surface area contributed by atoms with Crippen molar-refractivity contribution < 1.29 is 4.39 Å². The molecule has 4 rings (SSSR count). The fraction of sp³-hybridized carbons (Fsp3) is 0.250. The minimum Gasteiger partial charge on any atom is -0.316 e. The third kappa shape index (κ3) is 3.32. The van der Waals surface area contributed by atoms with Gasteiger partial charge in [0.05, 0.1) is 12.2 Å². The van der Waals surface area contributed by atoms with Gasteiger partial charge < -0.3 is 5.32 Å². The van der Waals surface area contributed by atoms with Gasteiger partial charge in [-0.25, -0.2) is 4.39 Å². The van der Waals surface area contributed by atoms with Crippen LogP contribution in [-0.4, -0.2) is 22.9 Å². The third-order valence-corrected chi connectivity index (χ3v) is 4.90. The first-order valence-corrected chi connectivity index (χ1v) is 8.89. The van der Waals surface area contributed by atoms with E-state index in [2.05, 4.69) is 5.32 Å². The van der Waals surface area contributed by atoms with E-state index in [0.29, 0.717) is 17.1 Å². The molecule has 2 aromatic carbocycles. The second kappa shape index (κ2) is 6.98. The fourth-order valence-corrected chi connectivity index (χ4v) is 3.51. The topological polar surface area (TPSA) is 29.9 Å². The first-order chi connectivity index (χ1) is 12.2. The highest BCUT2D eigenvalue weighted by atomic mass is 35.5. The number of halogens is 2. The standard InChI is InChI=1S/C20H19ClFN3/c21-16-7-5-14(6-8-16)20-17-9-11-23-12-10-19(17)25(24-20)13-15-3-1-2-4-18(15)22/h1-8,23H,9-13H2. The van der Waals surface area contributed by atoms with E-state index in [0.717, 1.165) is 37.2 Å². The van der Waals surface area contributed by atoms with E-state index in [-0.39, 0.29) is 5.82 Å². The molecule has 1 aromatic heterocycles. The lowest BCUT2D eigenvalue weighted by Crippen LogP contribution is -2.18. The Morgan fingerprint density at radius 3 is 2.60 bits per heavy atom. The Labute approximate surface area is 151 Å². The van der Waals surface area contributed by atoms with Crippen LogP contribution in [0.2, 0.25) is 5.02 Å². The van der Waals surface area contributed by atoms with Gasteiger partial charge >= 0.3 is 0 Å². The molecule has 0 spiro atoms. The van der Waals surface area contributed by atoms with Gasteiger partial charge in [-0.05, 0) is 31.2 Å². The Balaban J connectivity index is 1.79. The van der Waals surface area contributed by atoms with Gasteiger partial charge in [0.15, 0.2) is 0 Å². The monoisotopic (exact) mass is 355 g/mol. The summed E-state index contributed by atoms with van der Waals surface area (Å²) in [6, 6.07) is 14.7. The molecule has 0 saturated heterocycles. The van der Waals surface area contributed by atoms with Gasteiger partial charge in [0.2, 0.25) is 0 Å². The van der Waals surface area contributed by atoms with Gasteiger partial charge in [-0.3, -0.25) is 4.68 Å². The fourth-order valence-electron chi connectivity index (χ4n) is 3.38. The van der Waals surface area contributed by atoms with Gasteiger partial charge in [0.25, 0.3) is 0 Å². The highest BCUT2D eigenvalue weighted by Gasteiger charge is 2.21. The van der Waals surface area contributed by atoms with Crippen LogP contribution in [0.25, 0.3) is 11.3 Å². The summed E-state index contributed by atoms with van der Waals surface area (Å²) in [6.07, 6.45) is 1.81. The highest BCUT2D eigenvalue weighted by molar-refractivity contribution is 6.30. The quantitative estimate of drug-likeness (QED) is 0.767. The SMILES string of the molecule is Fc1ccccc1Cn1nc(-c2ccc(Cl)cc2)c2c1CCNCC2. The van der Waals surface area contributed by atoms with Crippen molar-refractivity contribution >= 4 is 11.6 Å². The molecule has 0 radical (unpaired) electrons. The number of hydrogen-bond donors (Lipinski definition) is 1. The van der Waals surface area contributed by atoms with Crippen molar-refractivity contribution in [3.63, 3.8) is 0 Å². The molecule has 0 atom stereocenters. The van der Waals surface area contributed by atoms with Crippen LogP contribution in [0.3, 0.4) is 0 Å². The highest BCUT2D eigenvalue weighted by Crippen LogP contribution is 2.29. The maximum absolute atomic E-state index is 14.1. The van der Waals surface area contributed by atoms with Crippen molar-refractivity contribution in [2.75, 3.05) is 13.1 Å². The van der Waals surface area contributed by atoms with Crippen LogP contribution in [0, 0.1) is 5.82 Å². The summed E-state index contributed by atoms with van der Waals surface area (Å²) in [5.74, 6) is -0.188. The molecular formula is C20H19ClFN3. The Kier molecular flexibility index (Phi) is 4.55. The maximum atomic E-state index is 14.1. The summed E-state index contributed by atoms with van der Waals surface area (Å²) < 4.78 is 16.1. The van der Waals surface area contributed by atoms with Gasteiger partial charge in [-0.1, -0.05) is 41.9 Å².